The van der Waals surface area contributed by atoms with Crippen molar-refractivity contribution in [2.45, 2.75) is 20.0 Å². The molecule has 1 rings (SSSR count). The van der Waals surface area contributed by atoms with Crippen LogP contribution in [0.5, 0.6) is 0 Å². The molecule has 0 aliphatic heterocycles. The average Bonchev–Trinajstić information content (AvgIpc) is 2.27. The predicted octanol–water partition coefficient (Wildman–Crippen LogP) is 1.85. The Hall–Kier alpha value is -1.84. The molecule has 4 heteroatoms. The predicted molar refractivity (Wildman–Crippen MR) is 57.6 cm³/mol. The highest BCUT2D eigenvalue weighted by atomic mass is 16.6. The fraction of sp³-hybridized carbons (Fsp3) is 0.333. The van der Waals surface area contributed by atoms with Gasteiger partial charge in [0, 0.05) is 12.5 Å². The van der Waals surface area contributed by atoms with E-state index < -0.39 is 18.0 Å². The lowest BCUT2D eigenvalue weighted by atomic mass is 10.1. The van der Waals surface area contributed by atoms with E-state index >= 15 is 0 Å². The molecular weight excluding hydrogens is 208 g/mol. The van der Waals surface area contributed by atoms with Gasteiger partial charge in [0.25, 0.3) is 0 Å². The molecule has 0 fully saturated rings. The van der Waals surface area contributed by atoms with Gasteiger partial charge < -0.3 is 9.47 Å². The van der Waals surface area contributed by atoms with E-state index in [2.05, 4.69) is 0 Å². The van der Waals surface area contributed by atoms with Crippen LogP contribution in [0.3, 0.4) is 0 Å². The minimum Gasteiger partial charge on any atom is -0.463 e. The minimum atomic E-state index is -0.973. The number of carbonyl (C=O) groups is 2. The zero-order chi connectivity index (χ0) is 12.0. The van der Waals surface area contributed by atoms with Crippen molar-refractivity contribution in [1.82, 2.24) is 0 Å². The molecule has 0 bridgehead atoms. The second-order valence-electron chi connectivity index (χ2n) is 3.15. The normalized spacial score (nSPS) is 11.6. The van der Waals surface area contributed by atoms with Crippen molar-refractivity contribution >= 4 is 11.9 Å². The number of esters is 2. The van der Waals surface area contributed by atoms with Crippen LogP contribution in [0.4, 0.5) is 0 Å². The molecule has 4 nitrogen and oxygen atoms in total. The van der Waals surface area contributed by atoms with Crippen LogP contribution < -0.4 is 0 Å². The lowest BCUT2D eigenvalue weighted by Gasteiger charge is -2.15. The first-order valence-electron chi connectivity index (χ1n) is 5.04. The average molecular weight is 222 g/mol. The summed E-state index contributed by atoms with van der Waals surface area (Å²) < 4.78 is 9.78. The molecular formula is C12H14O4. The quantitative estimate of drug-likeness (QED) is 0.729. The van der Waals surface area contributed by atoms with E-state index in [0.29, 0.717) is 5.56 Å². The largest absolute Gasteiger partial charge is 0.463 e. The summed E-state index contributed by atoms with van der Waals surface area (Å²) in [5, 5.41) is 0. The Labute approximate surface area is 94.2 Å². The Balaban J connectivity index is 2.87. The van der Waals surface area contributed by atoms with Gasteiger partial charge in [-0.05, 0) is 6.92 Å². The molecule has 0 saturated heterocycles. The Kier molecular flexibility index (Phi) is 4.51. The van der Waals surface area contributed by atoms with Crippen LogP contribution in [0.2, 0.25) is 0 Å². The maximum absolute atomic E-state index is 11.6. The Morgan fingerprint density at radius 1 is 1.25 bits per heavy atom. The van der Waals surface area contributed by atoms with Crippen molar-refractivity contribution in [1.29, 1.82) is 0 Å². The molecule has 0 amide bonds. The molecule has 0 N–H and O–H groups in total. The summed E-state index contributed by atoms with van der Waals surface area (Å²) in [4.78, 5) is 22.5. The molecule has 0 aliphatic carbocycles. The minimum absolute atomic E-state index is 0.253. The van der Waals surface area contributed by atoms with Gasteiger partial charge in [0.2, 0.25) is 6.10 Å². The van der Waals surface area contributed by atoms with Crippen LogP contribution in [0.25, 0.3) is 0 Å². The second-order valence-corrected chi connectivity index (χ2v) is 3.15. The molecule has 1 aromatic carbocycles. The van der Waals surface area contributed by atoms with E-state index in [9.17, 15) is 9.59 Å². The topological polar surface area (TPSA) is 52.6 Å². The third kappa shape index (κ3) is 3.38. The van der Waals surface area contributed by atoms with E-state index in [4.69, 9.17) is 9.47 Å². The van der Waals surface area contributed by atoms with Gasteiger partial charge in [-0.1, -0.05) is 30.3 Å². The smallest absolute Gasteiger partial charge is 0.352 e. The third-order valence-corrected chi connectivity index (χ3v) is 1.89. The third-order valence-electron chi connectivity index (χ3n) is 1.89. The molecule has 1 atom stereocenters. The molecule has 0 aromatic heterocycles. The molecule has 1 aromatic rings. The monoisotopic (exact) mass is 222 g/mol. The van der Waals surface area contributed by atoms with Crippen molar-refractivity contribution in [3.05, 3.63) is 35.9 Å². The lowest BCUT2D eigenvalue weighted by molar-refractivity contribution is -0.167. The Morgan fingerprint density at radius 3 is 2.38 bits per heavy atom. The first kappa shape index (κ1) is 12.2. The van der Waals surface area contributed by atoms with Crippen LogP contribution in [-0.2, 0) is 19.1 Å². The van der Waals surface area contributed by atoms with Crippen LogP contribution in [0, 0.1) is 0 Å². The molecule has 0 saturated carbocycles. The second kappa shape index (κ2) is 5.90. The zero-order valence-corrected chi connectivity index (χ0v) is 9.30. The Bertz CT molecular complexity index is 359. The molecule has 0 aliphatic rings. The number of hydrogen-bond donors (Lipinski definition) is 0. The van der Waals surface area contributed by atoms with Gasteiger partial charge >= 0.3 is 11.9 Å². The maximum atomic E-state index is 11.6. The molecule has 0 heterocycles. The summed E-state index contributed by atoms with van der Waals surface area (Å²) in [5.74, 6) is -1.06. The maximum Gasteiger partial charge on any atom is 0.352 e. The summed E-state index contributed by atoms with van der Waals surface area (Å²) >= 11 is 0. The number of rotatable bonds is 4. The SMILES string of the molecule is CCOC(=O)[C@H](OC(C)=O)c1ccccc1. The van der Waals surface area contributed by atoms with Gasteiger partial charge in [-0.3, -0.25) is 4.79 Å². The van der Waals surface area contributed by atoms with E-state index in [1.165, 1.54) is 6.92 Å². The lowest BCUT2D eigenvalue weighted by Crippen LogP contribution is -2.20. The van der Waals surface area contributed by atoms with E-state index in [0.717, 1.165) is 0 Å². The molecule has 0 spiro atoms. The van der Waals surface area contributed by atoms with Crippen molar-refractivity contribution in [3.63, 3.8) is 0 Å². The van der Waals surface area contributed by atoms with Crippen LogP contribution in [0.15, 0.2) is 30.3 Å². The first-order chi connectivity index (χ1) is 7.65. The highest BCUT2D eigenvalue weighted by Gasteiger charge is 2.24. The van der Waals surface area contributed by atoms with Gasteiger partial charge in [0.05, 0.1) is 6.61 Å². The highest BCUT2D eigenvalue weighted by molar-refractivity contribution is 5.80. The van der Waals surface area contributed by atoms with Crippen molar-refractivity contribution < 1.29 is 19.1 Å². The number of ether oxygens (including phenoxy) is 2. The van der Waals surface area contributed by atoms with E-state index in [1.54, 1.807) is 31.2 Å². The van der Waals surface area contributed by atoms with Crippen LogP contribution >= 0.6 is 0 Å². The molecule has 86 valence electrons. The first-order valence-corrected chi connectivity index (χ1v) is 5.04. The zero-order valence-electron chi connectivity index (χ0n) is 9.30. The highest BCUT2D eigenvalue weighted by Crippen LogP contribution is 2.18. The molecule has 0 unspecified atom stereocenters. The number of hydrogen-bond acceptors (Lipinski definition) is 4. The fourth-order valence-corrected chi connectivity index (χ4v) is 1.26. The van der Waals surface area contributed by atoms with Crippen LogP contribution in [-0.4, -0.2) is 18.5 Å². The number of carbonyl (C=O) groups excluding carboxylic acids is 2. The summed E-state index contributed by atoms with van der Waals surface area (Å²) in [6.07, 6.45) is -0.973. The van der Waals surface area contributed by atoms with E-state index in [-0.39, 0.29) is 6.61 Å². The van der Waals surface area contributed by atoms with Crippen molar-refractivity contribution in [2.75, 3.05) is 6.61 Å². The molecule has 16 heavy (non-hydrogen) atoms. The summed E-state index contributed by atoms with van der Waals surface area (Å²) in [6, 6.07) is 8.78. The van der Waals surface area contributed by atoms with Crippen molar-refractivity contribution in [2.24, 2.45) is 0 Å². The van der Waals surface area contributed by atoms with Gasteiger partial charge in [-0.15, -0.1) is 0 Å². The van der Waals surface area contributed by atoms with Gasteiger partial charge in [0.15, 0.2) is 0 Å². The van der Waals surface area contributed by atoms with E-state index in [1.807, 2.05) is 6.07 Å². The van der Waals surface area contributed by atoms with Crippen LogP contribution in [0.1, 0.15) is 25.5 Å². The van der Waals surface area contributed by atoms with Crippen molar-refractivity contribution in [3.8, 4) is 0 Å². The molecule has 0 radical (unpaired) electrons. The summed E-state index contributed by atoms with van der Waals surface area (Å²) in [5.41, 5.74) is 0.608. The van der Waals surface area contributed by atoms with Gasteiger partial charge in [-0.25, -0.2) is 4.79 Å². The fourth-order valence-electron chi connectivity index (χ4n) is 1.26. The summed E-state index contributed by atoms with van der Waals surface area (Å²) in [6.45, 7) is 3.21. The van der Waals surface area contributed by atoms with Gasteiger partial charge in [0.1, 0.15) is 0 Å². The van der Waals surface area contributed by atoms with Gasteiger partial charge in [-0.2, -0.15) is 0 Å². The Morgan fingerprint density at radius 2 is 1.88 bits per heavy atom. The summed E-state index contributed by atoms with van der Waals surface area (Å²) in [7, 11) is 0. The number of benzene rings is 1. The standard InChI is InChI=1S/C12H14O4/c1-3-15-12(14)11(16-9(2)13)10-7-5-4-6-8-10/h4-8,11H,3H2,1-2H3/t11-/m1/s1.